The maximum absolute atomic E-state index is 12.0. The lowest BCUT2D eigenvalue weighted by atomic mass is 10.1. The molecule has 5 heteroatoms. The Hall–Kier alpha value is -0.390. The highest BCUT2D eigenvalue weighted by molar-refractivity contribution is 9.10. The van der Waals surface area contributed by atoms with Gasteiger partial charge in [-0.3, -0.25) is 0 Å². The number of hydrogen-bond donors (Lipinski definition) is 1. The van der Waals surface area contributed by atoms with Crippen LogP contribution in [0.4, 0.5) is 0 Å². The van der Waals surface area contributed by atoms with Crippen LogP contribution in [0.15, 0.2) is 27.6 Å². The van der Waals surface area contributed by atoms with E-state index in [1.54, 1.807) is 6.07 Å². The number of fused-ring (bicyclic) bond motifs is 1. The molecule has 0 spiro atoms. The molecular formula is C11H14BrNO2S. The molecule has 1 aliphatic heterocycles. The van der Waals surface area contributed by atoms with Gasteiger partial charge in [-0.2, -0.15) is 0 Å². The van der Waals surface area contributed by atoms with E-state index in [-0.39, 0.29) is 17.8 Å². The summed E-state index contributed by atoms with van der Waals surface area (Å²) in [4.78, 5) is 0.452. The van der Waals surface area contributed by atoms with Gasteiger partial charge in [0, 0.05) is 16.6 Å². The molecule has 0 fully saturated rings. The van der Waals surface area contributed by atoms with E-state index in [1.807, 2.05) is 26.0 Å². The van der Waals surface area contributed by atoms with Crippen LogP contribution in [0.25, 0.3) is 0 Å². The Morgan fingerprint density at radius 2 is 2.12 bits per heavy atom. The molecule has 0 radical (unpaired) electrons. The molecule has 3 nitrogen and oxygen atoms in total. The predicted molar refractivity (Wildman–Crippen MR) is 67.2 cm³/mol. The summed E-state index contributed by atoms with van der Waals surface area (Å²) in [5.41, 5.74) is 0.878. The molecule has 1 aliphatic rings. The van der Waals surface area contributed by atoms with Gasteiger partial charge in [-0.25, -0.2) is 8.42 Å². The van der Waals surface area contributed by atoms with Crippen LogP contribution in [0.3, 0.4) is 0 Å². The van der Waals surface area contributed by atoms with Crippen molar-refractivity contribution in [3.05, 3.63) is 28.2 Å². The van der Waals surface area contributed by atoms with Crippen LogP contribution in [0.1, 0.15) is 25.5 Å². The molecule has 0 aromatic heterocycles. The average molecular weight is 304 g/mol. The molecule has 0 aliphatic carbocycles. The molecule has 0 bridgehead atoms. The van der Waals surface area contributed by atoms with Crippen LogP contribution in [-0.2, 0) is 9.84 Å². The minimum atomic E-state index is -3.14. The van der Waals surface area contributed by atoms with Gasteiger partial charge in [-0.05, 0) is 27.6 Å². The Kier molecular flexibility index (Phi) is 3.11. The van der Waals surface area contributed by atoms with Gasteiger partial charge >= 0.3 is 0 Å². The Morgan fingerprint density at radius 3 is 2.75 bits per heavy atom. The summed E-state index contributed by atoms with van der Waals surface area (Å²) in [5, 5.41) is 3.28. The SMILES string of the molecule is CC(C)NC1CS(=O)(=O)c2c(Br)cccc21. The molecule has 1 N–H and O–H groups in total. The zero-order valence-corrected chi connectivity index (χ0v) is 11.6. The smallest absolute Gasteiger partial charge is 0.181 e. The Labute approximate surface area is 104 Å². The first-order chi connectivity index (χ1) is 7.42. The van der Waals surface area contributed by atoms with Crippen molar-refractivity contribution in [2.75, 3.05) is 5.75 Å². The van der Waals surface area contributed by atoms with Crippen LogP contribution in [0, 0.1) is 0 Å². The minimum Gasteiger partial charge on any atom is -0.307 e. The van der Waals surface area contributed by atoms with E-state index in [2.05, 4.69) is 21.2 Å². The standard InChI is InChI=1S/C11H14BrNO2S/c1-7(2)13-10-6-16(14,15)11-8(10)4-3-5-9(11)12/h3-5,7,10,13H,6H2,1-2H3. The van der Waals surface area contributed by atoms with Crippen molar-refractivity contribution in [2.45, 2.75) is 30.8 Å². The highest BCUT2D eigenvalue weighted by Gasteiger charge is 2.36. The molecule has 1 aromatic rings. The predicted octanol–water partition coefficient (Wildman–Crippen LogP) is 2.28. The summed E-state index contributed by atoms with van der Waals surface area (Å²) < 4.78 is 24.7. The van der Waals surface area contributed by atoms with E-state index in [0.717, 1.165) is 5.56 Å². The molecule has 2 rings (SSSR count). The number of benzene rings is 1. The molecule has 1 unspecified atom stereocenters. The first kappa shape index (κ1) is 12.1. The van der Waals surface area contributed by atoms with Gasteiger partial charge in [0.25, 0.3) is 0 Å². The molecule has 1 atom stereocenters. The lowest BCUT2D eigenvalue weighted by Gasteiger charge is -2.15. The van der Waals surface area contributed by atoms with Gasteiger partial charge in [0.2, 0.25) is 0 Å². The van der Waals surface area contributed by atoms with Crippen LogP contribution in [0.2, 0.25) is 0 Å². The Balaban J connectivity index is 2.52. The summed E-state index contributed by atoms with van der Waals surface area (Å²) >= 11 is 3.31. The van der Waals surface area contributed by atoms with E-state index in [0.29, 0.717) is 9.37 Å². The van der Waals surface area contributed by atoms with Gasteiger partial charge in [-0.1, -0.05) is 26.0 Å². The third kappa shape index (κ3) is 2.04. The first-order valence-electron chi connectivity index (χ1n) is 5.19. The van der Waals surface area contributed by atoms with Crippen molar-refractivity contribution in [3.63, 3.8) is 0 Å². The Bertz CT molecular complexity index is 511. The number of halogens is 1. The summed E-state index contributed by atoms with van der Waals surface area (Å²) in [6.45, 7) is 4.03. The number of sulfone groups is 1. The lowest BCUT2D eigenvalue weighted by molar-refractivity contribution is 0.508. The molecular weight excluding hydrogens is 290 g/mol. The molecule has 16 heavy (non-hydrogen) atoms. The Morgan fingerprint density at radius 1 is 1.44 bits per heavy atom. The van der Waals surface area contributed by atoms with Gasteiger partial charge in [0.1, 0.15) is 0 Å². The largest absolute Gasteiger partial charge is 0.307 e. The molecule has 1 aromatic carbocycles. The summed E-state index contributed by atoms with van der Waals surface area (Å²) in [5.74, 6) is 0.156. The monoisotopic (exact) mass is 303 g/mol. The second-order valence-corrected chi connectivity index (χ2v) is 7.14. The summed E-state index contributed by atoms with van der Waals surface area (Å²) in [6.07, 6.45) is 0. The molecule has 0 saturated carbocycles. The van der Waals surface area contributed by atoms with Gasteiger partial charge in [0.05, 0.1) is 10.6 Å². The van der Waals surface area contributed by atoms with E-state index in [4.69, 9.17) is 0 Å². The highest BCUT2D eigenvalue weighted by atomic mass is 79.9. The van der Waals surface area contributed by atoms with Gasteiger partial charge in [0.15, 0.2) is 9.84 Å². The van der Waals surface area contributed by atoms with Crippen molar-refractivity contribution < 1.29 is 8.42 Å². The van der Waals surface area contributed by atoms with Crippen molar-refractivity contribution in [1.82, 2.24) is 5.32 Å². The lowest BCUT2D eigenvalue weighted by Crippen LogP contribution is -2.29. The average Bonchev–Trinajstić information content (AvgIpc) is 2.38. The van der Waals surface area contributed by atoms with E-state index in [9.17, 15) is 8.42 Å². The van der Waals surface area contributed by atoms with Crippen LogP contribution >= 0.6 is 15.9 Å². The zero-order chi connectivity index (χ0) is 11.9. The van der Waals surface area contributed by atoms with Gasteiger partial charge < -0.3 is 5.32 Å². The maximum atomic E-state index is 12.0. The highest BCUT2D eigenvalue weighted by Crippen LogP contribution is 2.38. The minimum absolute atomic E-state index is 0.0856. The van der Waals surface area contributed by atoms with Crippen LogP contribution < -0.4 is 5.32 Å². The van der Waals surface area contributed by atoms with Crippen LogP contribution in [0.5, 0.6) is 0 Å². The van der Waals surface area contributed by atoms with E-state index < -0.39 is 9.84 Å². The number of hydrogen-bond acceptors (Lipinski definition) is 3. The molecule has 1 heterocycles. The maximum Gasteiger partial charge on any atom is 0.181 e. The fraction of sp³-hybridized carbons (Fsp3) is 0.455. The fourth-order valence-electron chi connectivity index (χ4n) is 2.06. The van der Waals surface area contributed by atoms with Crippen molar-refractivity contribution in [2.24, 2.45) is 0 Å². The first-order valence-corrected chi connectivity index (χ1v) is 7.63. The molecule has 88 valence electrons. The van der Waals surface area contributed by atoms with Crippen molar-refractivity contribution in [3.8, 4) is 0 Å². The fourth-order valence-corrected chi connectivity index (χ4v) is 5.00. The molecule has 0 amide bonds. The second-order valence-electron chi connectivity index (χ2n) is 4.31. The van der Waals surface area contributed by atoms with Crippen molar-refractivity contribution >= 4 is 25.8 Å². The third-order valence-corrected chi connectivity index (χ3v) is 5.38. The van der Waals surface area contributed by atoms with Crippen molar-refractivity contribution in [1.29, 1.82) is 0 Å². The number of nitrogens with one attached hydrogen (secondary N) is 1. The third-order valence-electron chi connectivity index (χ3n) is 2.60. The van der Waals surface area contributed by atoms with Gasteiger partial charge in [-0.15, -0.1) is 0 Å². The molecule has 0 saturated heterocycles. The van der Waals surface area contributed by atoms with E-state index in [1.165, 1.54) is 0 Å². The zero-order valence-electron chi connectivity index (χ0n) is 9.20. The summed E-state index contributed by atoms with van der Waals surface area (Å²) in [6, 6.07) is 5.71. The number of rotatable bonds is 2. The topological polar surface area (TPSA) is 46.2 Å². The second kappa shape index (κ2) is 4.13. The normalized spacial score (nSPS) is 22.4. The van der Waals surface area contributed by atoms with Crippen LogP contribution in [-0.4, -0.2) is 20.2 Å². The summed E-state index contributed by atoms with van der Waals surface area (Å²) in [7, 11) is -3.14. The quantitative estimate of drug-likeness (QED) is 0.912. The van der Waals surface area contributed by atoms with E-state index >= 15 is 0 Å².